The second kappa shape index (κ2) is 6.69. The lowest BCUT2D eigenvalue weighted by molar-refractivity contribution is -0.0623. The molecule has 0 fully saturated rings. The van der Waals surface area contributed by atoms with E-state index in [1.807, 2.05) is 29.6 Å². The molecule has 1 heterocycles. The van der Waals surface area contributed by atoms with Crippen molar-refractivity contribution in [2.45, 2.75) is 18.8 Å². The lowest BCUT2D eigenvalue weighted by Crippen LogP contribution is -2.10. The molecule has 0 spiro atoms. The summed E-state index contributed by atoms with van der Waals surface area (Å²) >= 11 is 5.10. The first-order chi connectivity index (χ1) is 10.2. The van der Waals surface area contributed by atoms with Gasteiger partial charge in [0.2, 0.25) is 0 Å². The average Bonchev–Trinajstić information content (AvgIpc) is 2.88. The van der Waals surface area contributed by atoms with Gasteiger partial charge in [0.15, 0.2) is 0 Å². The summed E-state index contributed by atoms with van der Waals surface area (Å²) in [7, 11) is 0. The highest BCUT2D eigenvalue weighted by molar-refractivity contribution is 9.10. The van der Waals surface area contributed by atoms with Gasteiger partial charge in [0.05, 0.1) is 5.70 Å². The Balaban J connectivity index is 1.62. The highest BCUT2D eigenvalue weighted by atomic mass is 79.9. The van der Waals surface area contributed by atoms with E-state index in [0.717, 1.165) is 21.5 Å². The molecule has 0 aliphatic carbocycles. The van der Waals surface area contributed by atoms with Crippen molar-refractivity contribution >= 4 is 27.9 Å². The molecule has 0 bridgehead atoms. The molecule has 1 atom stereocenters. The number of nitrogens with zero attached hydrogens (tertiary/aromatic N) is 1. The molecule has 107 valence electrons. The maximum atomic E-state index is 5.95. The SMILES string of the molecule is CC1=[C]C(c2ccc(Br)cc2)ON1SCc1ccccc1. The first-order valence-corrected chi connectivity index (χ1v) is 8.45. The predicted octanol–water partition coefficient (Wildman–Crippen LogP) is 5.29. The molecule has 1 unspecified atom stereocenters. The Bertz CT molecular complexity index is 627. The van der Waals surface area contributed by atoms with Gasteiger partial charge in [-0.3, -0.25) is 0 Å². The van der Waals surface area contributed by atoms with Gasteiger partial charge >= 0.3 is 0 Å². The van der Waals surface area contributed by atoms with Crippen LogP contribution >= 0.6 is 27.9 Å². The van der Waals surface area contributed by atoms with Crippen molar-refractivity contribution in [2.24, 2.45) is 0 Å². The van der Waals surface area contributed by atoms with Crippen molar-refractivity contribution in [3.63, 3.8) is 0 Å². The van der Waals surface area contributed by atoms with Gasteiger partial charge in [-0.05, 0) is 42.1 Å². The Morgan fingerprint density at radius 3 is 2.57 bits per heavy atom. The molecule has 1 radical (unpaired) electrons. The van der Waals surface area contributed by atoms with E-state index in [0.29, 0.717) is 0 Å². The van der Waals surface area contributed by atoms with E-state index in [-0.39, 0.29) is 6.10 Å². The van der Waals surface area contributed by atoms with Gasteiger partial charge in [0, 0.05) is 16.3 Å². The fraction of sp³-hybridized carbons (Fsp3) is 0.176. The second-order valence-electron chi connectivity index (χ2n) is 4.78. The smallest absolute Gasteiger partial charge is 0.139 e. The number of allylic oxidation sites excluding steroid dienone is 1. The summed E-state index contributed by atoms with van der Waals surface area (Å²) in [6, 6.07) is 18.5. The van der Waals surface area contributed by atoms with Crippen LogP contribution in [0.1, 0.15) is 24.2 Å². The summed E-state index contributed by atoms with van der Waals surface area (Å²) in [5.41, 5.74) is 3.41. The van der Waals surface area contributed by atoms with E-state index in [1.54, 1.807) is 11.9 Å². The summed E-state index contributed by atoms with van der Waals surface area (Å²) in [5, 5.41) is 0. The van der Waals surface area contributed by atoms with E-state index >= 15 is 0 Å². The van der Waals surface area contributed by atoms with Crippen LogP contribution in [-0.2, 0) is 10.6 Å². The van der Waals surface area contributed by atoms with E-state index in [4.69, 9.17) is 4.84 Å². The quantitative estimate of drug-likeness (QED) is 0.687. The summed E-state index contributed by atoms with van der Waals surface area (Å²) in [6.07, 6.45) is 3.24. The number of halogens is 1. The standard InChI is InChI=1S/C17H15BrNOS/c1-13-11-17(15-7-9-16(18)10-8-15)20-19(13)21-12-14-5-3-2-4-6-14/h2-10,17H,12H2,1H3. The maximum absolute atomic E-state index is 5.95. The molecule has 0 N–H and O–H groups in total. The lowest BCUT2D eigenvalue weighted by Gasteiger charge is -2.19. The van der Waals surface area contributed by atoms with Crippen LogP contribution in [0.5, 0.6) is 0 Å². The Morgan fingerprint density at radius 2 is 1.86 bits per heavy atom. The first-order valence-electron chi connectivity index (χ1n) is 6.72. The van der Waals surface area contributed by atoms with Gasteiger partial charge in [0.1, 0.15) is 6.10 Å². The average molecular weight is 361 g/mol. The van der Waals surface area contributed by atoms with Crippen LogP contribution in [0.15, 0.2) is 64.8 Å². The van der Waals surface area contributed by atoms with Gasteiger partial charge in [-0.1, -0.05) is 58.4 Å². The minimum Gasteiger partial charge on any atom is -0.250 e. The van der Waals surface area contributed by atoms with Crippen LogP contribution in [0.3, 0.4) is 0 Å². The third-order valence-corrected chi connectivity index (χ3v) is 4.76. The largest absolute Gasteiger partial charge is 0.250 e. The number of benzene rings is 2. The topological polar surface area (TPSA) is 12.5 Å². The summed E-state index contributed by atoms with van der Waals surface area (Å²) < 4.78 is 2.93. The first kappa shape index (κ1) is 14.7. The monoisotopic (exact) mass is 360 g/mol. The number of hydrogen-bond donors (Lipinski definition) is 0. The predicted molar refractivity (Wildman–Crippen MR) is 90.0 cm³/mol. The molecule has 3 rings (SSSR count). The van der Waals surface area contributed by atoms with Gasteiger partial charge in [0.25, 0.3) is 0 Å². The molecule has 2 aromatic carbocycles. The van der Waals surface area contributed by atoms with Crippen molar-refractivity contribution in [2.75, 3.05) is 0 Å². The Labute approximate surface area is 138 Å². The maximum Gasteiger partial charge on any atom is 0.139 e. The van der Waals surface area contributed by atoms with Gasteiger partial charge < -0.3 is 0 Å². The summed E-state index contributed by atoms with van der Waals surface area (Å²) in [5.74, 6) is 0.882. The van der Waals surface area contributed by atoms with E-state index < -0.39 is 0 Å². The lowest BCUT2D eigenvalue weighted by atomic mass is 10.1. The zero-order valence-corrected chi connectivity index (χ0v) is 14.0. The van der Waals surface area contributed by atoms with E-state index in [9.17, 15) is 0 Å². The van der Waals surface area contributed by atoms with Crippen LogP contribution in [0.25, 0.3) is 0 Å². The van der Waals surface area contributed by atoms with Gasteiger partial charge in [-0.15, -0.1) is 0 Å². The molecule has 21 heavy (non-hydrogen) atoms. The molecule has 1 aliphatic heterocycles. The summed E-state index contributed by atoms with van der Waals surface area (Å²) in [4.78, 5) is 5.95. The minimum atomic E-state index is -0.124. The molecule has 0 amide bonds. The summed E-state index contributed by atoms with van der Waals surface area (Å²) in [6.45, 7) is 2.02. The Hall–Kier alpha value is -1.23. The zero-order valence-electron chi connectivity index (χ0n) is 11.6. The van der Waals surface area contributed by atoms with Crippen molar-refractivity contribution in [1.29, 1.82) is 0 Å². The van der Waals surface area contributed by atoms with Crippen LogP contribution in [0.2, 0.25) is 0 Å². The van der Waals surface area contributed by atoms with E-state index in [1.165, 1.54) is 5.56 Å². The molecule has 0 aromatic heterocycles. The highest BCUT2D eigenvalue weighted by Gasteiger charge is 2.24. The van der Waals surface area contributed by atoms with Crippen molar-refractivity contribution in [3.8, 4) is 0 Å². The van der Waals surface area contributed by atoms with Crippen molar-refractivity contribution < 1.29 is 4.84 Å². The highest BCUT2D eigenvalue weighted by Crippen LogP contribution is 2.35. The molecular weight excluding hydrogens is 346 g/mol. The third kappa shape index (κ3) is 3.70. The third-order valence-electron chi connectivity index (χ3n) is 3.18. The number of hydroxylamine groups is 1. The Morgan fingerprint density at radius 1 is 1.14 bits per heavy atom. The second-order valence-corrected chi connectivity index (χ2v) is 6.58. The Kier molecular flexibility index (Phi) is 4.68. The zero-order chi connectivity index (χ0) is 14.7. The van der Waals surface area contributed by atoms with E-state index in [2.05, 4.69) is 58.4 Å². The van der Waals surface area contributed by atoms with Crippen molar-refractivity contribution in [1.82, 2.24) is 4.47 Å². The number of hydrogen-bond acceptors (Lipinski definition) is 3. The minimum absolute atomic E-state index is 0.124. The van der Waals surface area contributed by atoms with Crippen LogP contribution < -0.4 is 0 Å². The molecule has 1 aliphatic rings. The molecule has 2 nitrogen and oxygen atoms in total. The molecule has 0 saturated carbocycles. The molecule has 0 saturated heterocycles. The number of rotatable bonds is 4. The fourth-order valence-electron chi connectivity index (χ4n) is 2.06. The van der Waals surface area contributed by atoms with Gasteiger partial charge in [-0.25, -0.2) is 4.84 Å². The fourth-order valence-corrected chi connectivity index (χ4v) is 3.18. The van der Waals surface area contributed by atoms with Crippen LogP contribution in [0, 0.1) is 6.08 Å². The molecule has 2 aromatic rings. The molecular formula is C17H15BrNOS. The van der Waals surface area contributed by atoms with Crippen LogP contribution in [0.4, 0.5) is 0 Å². The normalized spacial score (nSPS) is 17.9. The van der Waals surface area contributed by atoms with Gasteiger partial charge in [-0.2, -0.15) is 4.47 Å². The van der Waals surface area contributed by atoms with Crippen molar-refractivity contribution in [3.05, 3.63) is 82.0 Å². The molecule has 4 heteroatoms. The van der Waals surface area contributed by atoms with Crippen LogP contribution in [-0.4, -0.2) is 4.47 Å².